The van der Waals surface area contributed by atoms with Crippen LogP contribution in [0, 0.1) is 0 Å². The van der Waals surface area contributed by atoms with Crippen LogP contribution in [0.3, 0.4) is 0 Å². The smallest absolute Gasteiger partial charge is 0.322 e. The lowest BCUT2D eigenvalue weighted by Gasteiger charge is -2.01. The molecule has 1 aromatic heterocycles. The summed E-state index contributed by atoms with van der Waals surface area (Å²) in [5, 5.41) is 10.1. The highest BCUT2D eigenvalue weighted by Crippen LogP contribution is 2.22. The minimum Gasteiger partial charge on any atom is -0.403 e. The first-order valence-corrected chi connectivity index (χ1v) is 9.72. The zero-order valence-electron chi connectivity index (χ0n) is 12.9. The van der Waals surface area contributed by atoms with Crippen LogP contribution in [-0.4, -0.2) is 30.8 Å². The van der Waals surface area contributed by atoms with Crippen molar-refractivity contribution in [1.82, 2.24) is 10.2 Å². The molecule has 0 radical (unpaired) electrons. The Balaban J connectivity index is 1.76. The number of nitrogens with one attached hydrogen (secondary N) is 1. The first-order chi connectivity index (χ1) is 11.8. The Bertz CT molecular complexity index is 1010. The van der Waals surface area contributed by atoms with Crippen molar-refractivity contribution in [1.29, 1.82) is 0 Å². The van der Waals surface area contributed by atoms with Crippen LogP contribution in [0.25, 0.3) is 11.5 Å². The molecule has 25 heavy (non-hydrogen) atoms. The molecule has 0 saturated heterocycles. The van der Waals surface area contributed by atoms with Gasteiger partial charge in [-0.3, -0.25) is 10.1 Å². The molecular formula is C16H12BrN3O4S. The first-order valence-electron chi connectivity index (χ1n) is 7.04. The quantitative estimate of drug-likeness (QED) is 0.693. The van der Waals surface area contributed by atoms with E-state index in [4.69, 9.17) is 4.42 Å². The van der Waals surface area contributed by atoms with Crippen molar-refractivity contribution in [3.05, 3.63) is 58.6 Å². The molecule has 9 heteroatoms. The summed E-state index contributed by atoms with van der Waals surface area (Å²) in [7, 11) is -3.27. The highest BCUT2D eigenvalue weighted by Gasteiger charge is 2.14. The van der Waals surface area contributed by atoms with Crippen molar-refractivity contribution in [2.24, 2.45) is 0 Å². The highest BCUT2D eigenvalue weighted by atomic mass is 79.9. The van der Waals surface area contributed by atoms with Gasteiger partial charge in [0.15, 0.2) is 9.84 Å². The van der Waals surface area contributed by atoms with Gasteiger partial charge in [-0.05, 0) is 48.5 Å². The standard InChI is InChI=1S/C16H12BrN3O4S/c1-25(22,23)13-8-4-11(5-9-13)15-19-20-16(24-15)18-14(21)10-2-6-12(17)7-3-10/h2-9H,1H3,(H,18,20,21). The maximum Gasteiger partial charge on any atom is 0.322 e. The molecule has 0 atom stereocenters. The lowest BCUT2D eigenvalue weighted by atomic mass is 10.2. The van der Waals surface area contributed by atoms with Crippen molar-refractivity contribution < 1.29 is 17.6 Å². The van der Waals surface area contributed by atoms with E-state index < -0.39 is 9.84 Å². The third-order valence-electron chi connectivity index (χ3n) is 3.28. The van der Waals surface area contributed by atoms with Crippen LogP contribution >= 0.6 is 15.9 Å². The van der Waals surface area contributed by atoms with Crippen LogP contribution in [0.1, 0.15) is 10.4 Å². The number of nitrogens with zero attached hydrogens (tertiary/aromatic N) is 2. The predicted octanol–water partition coefficient (Wildman–Crippen LogP) is 3.15. The molecule has 1 amide bonds. The molecular weight excluding hydrogens is 410 g/mol. The van der Waals surface area contributed by atoms with Gasteiger partial charge < -0.3 is 4.42 Å². The summed E-state index contributed by atoms with van der Waals surface area (Å²) in [6.45, 7) is 0. The number of carbonyl (C=O) groups excluding carboxylic acids is 1. The van der Waals surface area contributed by atoms with Gasteiger partial charge in [-0.15, -0.1) is 5.10 Å². The maximum absolute atomic E-state index is 12.1. The highest BCUT2D eigenvalue weighted by molar-refractivity contribution is 9.10. The molecule has 0 spiro atoms. The minimum atomic E-state index is -3.27. The van der Waals surface area contributed by atoms with Gasteiger partial charge in [0, 0.05) is 21.9 Å². The molecule has 0 unspecified atom stereocenters. The average Bonchev–Trinajstić information content (AvgIpc) is 3.03. The second-order valence-corrected chi connectivity index (χ2v) is 8.10. The summed E-state index contributed by atoms with van der Waals surface area (Å²) in [6, 6.07) is 12.8. The average molecular weight is 422 g/mol. The Morgan fingerprint density at radius 3 is 2.28 bits per heavy atom. The monoisotopic (exact) mass is 421 g/mol. The Kier molecular flexibility index (Phi) is 4.69. The van der Waals surface area contributed by atoms with Crippen molar-refractivity contribution in [2.75, 3.05) is 11.6 Å². The molecule has 128 valence electrons. The number of sulfone groups is 1. The van der Waals surface area contributed by atoms with E-state index in [0.717, 1.165) is 10.7 Å². The van der Waals surface area contributed by atoms with Gasteiger partial charge in [0.05, 0.1) is 4.90 Å². The zero-order chi connectivity index (χ0) is 18.0. The SMILES string of the molecule is CS(=O)(=O)c1ccc(-c2nnc(NC(=O)c3ccc(Br)cc3)o2)cc1. The molecule has 0 bridgehead atoms. The van der Waals surface area contributed by atoms with Crippen molar-refractivity contribution in [3.8, 4) is 11.5 Å². The van der Waals surface area contributed by atoms with E-state index in [0.29, 0.717) is 11.1 Å². The summed E-state index contributed by atoms with van der Waals surface area (Å²) in [5.74, 6) is -0.207. The topological polar surface area (TPSA) is 102 Å². The molecule has 0 aliphatic rings. The normalized spacial score (nSPS) is 11.3. The van der Waals surface area contributed by atoms with Crippen LogP contribution in [0.15, 0.2) is 62.3 Å². The number of hydrogen-bond acceptors (Lipinski definition) is 6. The Hall–Kier alpha value is -2.52. The lowest BCUT2D eigenvalue weighted by Crippen LogP contribution is -2.11. The molecule has 0 saturated carbocycles. The van der Waals surface area contributed by atoms with E-state index in [1.54, 1.807) is 36.4 Å². The summed E-state index contributed by atoms with van der Waals surface area (Å²) >= 11 is 3.30. The van der Waals surface area contributed by atoms with Crippen LogP contribution in [-0.2, 0) is 9.84 Å². The van der Waals surface area contributed by atoms with E-state index in [-0.39, 0.29) is 22.7 Å². The van der Waals surface area contributed by atoms with E-state index >= 15 is 0 Å². The summed E-state index contributed by atoms with van der Waals surface area (Å²) in [6.07, 6.45) is 1.13. The van der Waals surface area contributed by atoms with Crippen LogP contribution in [0.4, 0.5) is 6.01 Å². The lowest BCUT2D eigenvalue weighted by molar-refractivity contribution is 0.102. The van der Waals surface area contributed by atoms with E-state index in [1.807, 2.05) is 0 Å². The molecule has 3 aromatic rings. The second kappa shape index (κ2) is 6.77. The minimum absolute atomic E-state index is 0.0462. The van der Waals surface area contributed by atoms with Crippen LogP contribution < -0.4 is 5.32 Å². The fourth-order valence-corrected chi connectivity index (χ4v) is 2.90. The molecule has 2 aromatic carbocycles. The van der Waals surface area contributed by atoms with Gasteiger partial charge in [-0.25, -0.2) is 8.42 Å². The number of anilines is 1. The molecule has 0 aliphatic heterocycles. The summed E-state index contributed by atoms with van der Waals surface area (Å²) in [4.78, 5) is 12.3. The summed E-state index contributed by atoms with van der Waals surface area (Å²) < 4.78 is 29.2. The van der Waals surface area contributed by atoms with Gasteiger partial charge in [-0.2, -0.15) is 0 Å². The van der Waals surface area contributed by atoms with Gasteiger partial charge >= 0.3 is 6.01 Å². The van der Waals surface area contributed by atoms with E-state index in [9.17, 15) is 13.2 Å². The van der Waals surface area contributed by atoms with Crippen molar-refractivity contribution >= 4 is 37.7 Å². The Morgan fingerprint density at radius 1 is 1.04 bits per heavy atom. The zero-order valence-corrected chi connectivity index (χ0v) is 15.3. The molecule has 0 fully saturated rings. The molecule has 0 aliphatic carbocycles. The largest absolute Gasteiger partial charge is 0.403 e. The van der Waals surface area contributed by atoms with Gasteiger partial charge in [0.2, 0.25) is 5.89 Å². The number of halogens is 1. The van der Waals surface area contributed by atoms with Crippen molar-refractivity contribution in [2.45, 2.75) is 4.90 Å². The van der Waals surface area contributed by atoms with E-state index in [1.165, 1.54) is 12.1 Å². The van der Waals surface area contributed by atoms with Crippen LogP contribution in [0.2, 0.25) is 0 Å². The predicted molar refractivity (Wildman–Crippen MR) is 94.9 cm³/mol. The second-order valence-electron chi connectivity index (χ2n) is 5.17. The summed E-state index contributed by atoms with van der Waals surface area (Å²) in [5.41, 5.74) is 0.990. The number of amides is 1. The molecule has 1 N–H and O–H groups in total. The fraction of sp³-hybridized carbons (Fsp3) is 0.0625. The fourth-order valence-electron chi connectivity index (χ4n) is 2.01. The van der Waals surface area contributed by atoms with E-state index in [2.05, 4.69) is 31.4 Å². The Labute approximate surface area is 152 Å². The Morgan fingerprint density at radius 2 is 1.68 bits per heavy atom. The first kappa shape index (κ1) is 17.3. The maximum atomic E-state index is 12.1. The number of hydrogen-bond donors (Lipinski definition) is 1. The van der Waals surface area contributed by atoms with Gasteiger partial charge in [-0.1, -0.05) is 21.0 Å². The number of aromatic nitrogens is 2. The van der Waals surface area contributed by atoms with Crippen LogP contribution in [0.5, 0.6) is 0 Å². The van der Waals surface area contributed by atoms with Gasteiger partial charge in [0.25, 0.3) is 5.91 Å². The number of benzene rings is 2. The number of rotatable bonds is 4. The molecule has 1 heterocycles. The van der Waals surface area contributed by atoms with Crippen molar-refractivity contribution in [3.63, 3.8) is 0 Å². The molecule has 7 nitrogen and oxygen atoms in total. The third kappa shape index (κ3) is 4.12. The third-order valence-corrected chi connectivity index (χ3v) is 4.94. The number of carbonyl (C=O) groups is 1. The van der Waals surface area contributed by atoms with Gasteiger partial charge in [0.1, 0.15) is 0 Å². The molecule has 3 rings (SSSR count).